The van der Waals surface area contributed by atoms with Crippen LogP contribution in [-0.2, 0) is 19.4 Å². The summed E-state index contributed by atoms with van der Waals surface area (Å²) in [5.74, 6) is 0. The number of fused-ring (bicyclic) bond motifs is 1. The van der Waals surface area contributed by atoms with Crippen molar-refractivity contribution in [1.82, 2.24) is 9.55 Å². The van der Waals surface area contributed by atoms with Gasteiger partial charge in [0.05, 0.1) is 12.0 Å². The van der Waals surface area contributed by atoms with E-state index in [9.17, 15) is 17.7 Å². The molecule has 0 saturated carbocycles. The molecule has 98 valence electrons. The maximum Gasteiger partial charge on any atom is 0.506 e. The molecule has 1 aliphatic carbocycles. The van der Waals surface area contributed by atoms with Gasteiger partial charge in [-0.25, -0.2) is 4.98 Å². The van der Waals surface area contributed by atoms with E-state index >= 15 is 0 Å². The number of hydrogen-bond donors (Lipinski definition) is 0. The molecule has 0 spiro atoms. The van der Waals surface area contributed by atoms with Gasteiger partial charge in [-0.05, 0) is 25.7 Å². The quantitative estimate of drug-likeness (QED) is 0.777. The summed E-state index contributed by atoms with van der Waals surface area (Å²) in [6.45, 7) is -2.65. The van der Waals surface area contributed by atoms with Crippen molar-refractivity contribution in [2.45, 2.75) is 32.2 Å². The normalized spacial score (nSPS) is 15.3. The zero-order valence-corrected chi connectivity index (χ0v) is 9.83. The van der Waals surface area contributed by atoms with E-state index in [0.29, 0.717) is 12.0 Å². The van der Waals surface area contributed by atoms with Gasteiger partial charge in [0, 0.05) is 12.1 Å². The fraction of sp³-hybridized carbons (Fsp3) is 0.455. The Balaban J connectivity index is 2.31. The SMILES string of the molecule is C=C(Cn1cnc2c(c1=O)CCCC2)[B-](F)(F)F. The lowest BCUT2D eigenvalue weighted by Crippen LogP contribution is -2.31. The summed E-state index contributed by atoms with van der Waals surface area (Å²) in [6, 6.07) is 0. The number of nitrogens with zero attached hydrogens (tertiary/aromatic N) is 2. The predicted octanol–water partition coefficient (Wildman–Crippen LogP) is 2.06. The van der Waals surface area contributed by atoms with Crippen molar-refractivity contribution in [3.05, 3.63) is 40.0 Å². The first-order valence-corrected chi connectivity index (χ1v) is 5.84. The van der Waals surface area contributed by atoms with Crippen LogP contribution >= 0.6 is 0 Å². The molecule has 3 nitrogen and oxygen atoms in total. The highest BCUT2D eigenvalue weighted by Crippen LogP contribution is 2.20. The summed E-state index contributed by atoms with van der Waals surface area (Å²) in [6.07, 6.45) is 4.39. The predicted molar refractivity (Wildman–Crippen MR) is 63.4 cm³/mol. The van der Waals surface area contributed by atoms with E-state index in [1.807, 2.05) is 0 Å². The number of halogens is 3. The van der Waals surface area contributed by atoms with Crippen molar-refractivity contribution in [3.8, 4) is 0 Å². The van der Waals surface area contributed by atoms with Gasteiger partial charge < -0.3 is 12.9 Å². The third kappa shape index (κ3) is 2.49. The van der Waals surface area contributed by atoms with E-state index in [-0.39, 0.29) is 5.56 Å². The number of rotatable bonds is 3. The van der Waals surface area contributed by atoms with Gasteiger partial charge in [-0.3, -0.25) is 9.36 Å². The highest BCUT2D eigenvalue weighted by molar-refractivity contribution is 6.66. The Morgan fingerprint density at radius 1 is 1.39 bits per heavy atom. The number of aromatic nitrogens is 2. The number of hydrogen-bond acceptors (Lipinski definition) is 2. The van der Waals surface area contributed by atoms with E-state index in [4.69, 9.17) is 0 Å². The first kappa shape index (κ1) is 12.9. The molecule has 0 atom stereocenters. The smallest absolute Gasteiger partial charge is 0.445 e. The molecule has 2 rings (SSSR count). The molecule has 0 unspecified atom stereocenters. The van der Waals surface area contributed by atoms with E-state index < -0.39 is 19.0 Å². The minimum atomic E-state index is -5.11. The molecule has 1 aromatic rings. The molecule has 7 heteroatoms. The standard InChI is InChI=1S/C11H13BF3N2O/c1-8(12(13,14)15)6-17-7-16-10-5-3-2-4-9(10)11(17)18/h7H,1-6H2/q-1. The molecule has 0 N–H and O–H groups in total. The lowest BCUT2D eigenvalue weighted by atomic mass is 9.80. The zero-order valence-electron chi connectivity index (χ0n) is 9.83. The van der Waals surface area contributed by atoms with Gasteiger partial charge in [0.2, 0.25) is 0 Å². The fourth-order valence-corrected chi connectivity index (χ4v) is 2.06. The lowest BCUT2D eigenvalue weighted by molar-refractivity contribution is 0.480. The lowest BCUT2D eigenvalue weighted by Gasteiger charge is -2.20. The van der Waals surface area contributed by atoms with Crippen LogP contribution in [0, 0.1) is 0 Å². The zero-order chi connectivity index (χ0) is 13.3. The van der Waals surface area contributed by atoms with Gasteiger partial charge in [-0.15, -0.1) is 12.1 Å². The van der Waals surface area contributed by atoms with Crippen molar-refractivity contribution in [3.63, 3.8) is 0 Å². The van der Waals surface area contributed by atoms with Crippen molar-refractivity contribution in [2.24, 2.45) is 0 Å². The molecule has 0 amide bonds. The van der Waals surface area contributed by atoms with E-state index in [1.165, 1.54) is 6.33 Å². The summed E-state index contributed by atoms with van der Waals surface area (Å²) >= 11 is 0. The summed E-state index contributed by atoms with van der Waals surface area (Å²) in [5.41, 5.74) is 0.0485. The molecule has 0 aliphatic heterocycles. The number of aryl methyl sites for hydroxylation is 1. The summed E-state index contributed by atoms with van der Waals surface area (Å²) in [7, 11) is 0. The second kappa shape index (κ2) is 4.63. The van der Waals surface area contributed by atoms with Gasteiger partial charge in [-0.2, -0.15) is 0 Å². The Hall–Kier alpha value is -1.53. The van der Waals surface area contributed by atoms with Crippen LogP contribution in [0.25, 0.3) is 0 Å². The molecule has 0 bridgehead atoms. The van der Waals surface area contributed by atoms with Crippen LogP contribution in [0.4, 0.5) is 12.9 Å². The molecular formula is C11H13BF3N2O-. The third-order valence-corrected chi connectivity index (χ3v) is 3.15. The molecule has 1 aliphatic rings. The van der Waals surface area contributed by atoms with Crippen LogP contribution in [0.1, 0.15) is 24.1 Å². The van der Waals surface area contributed by atoms with Crippen molar-refractivity contribution in [2.75, 3.05) is 0 Å². The van der Waals surface area contributed by atoms with Gasteiger partial charge in [0.25, 0.3) is 5.56 Å². The Morgan fingerprint density at radius 2 is 2.06 bits per heavy atom. The minimum Gasteiger partial charge on any atom is -0.445 e. The van der Waals surface area contributed by atoms with Gasteiger partial charge in [0.1, 0.15) is 0 Å². The first-order chi connectivity index (χ1) is 8.39. The molecule has 1 aromatic heterocycles. The van der Waals surface area contributed by atoms with Crippen molar-refractivity contribution in [1.29, 1.82) is 0 Å². The molecular weight excluding hydrogens is 244 g/mol. The Bertz CT molecular complexity index is 536. The summed E-state index contributed by atoms with van der Waals surface area (Å²) in [4.78, 5) is 16.1. The Morgan fingerprint density at radius 3 is 2.72 bits per heavy atom. The van der Waals surface area contributed by atoms with Gasteiger partial charge >= 0.3 is 6.98 Å². The maximum atomic E-state index is 12.4. The van der Waals surface area contributed by atoms with E-state index in [0.717, 1.165) is 29.5 Å². The maximum absolute atomic E-state index is 12.4. The second-order valence-electron chi connectivity index (χ2n) is 4.54. The topological polar surface area (TPSA) is 34.9 Å². The number of allylic oxidation sites excluding steroid dienone is 1. The van der Waals surface area contributed by atoms with E-state index in [2.05, 4.69) is 11.6 Å². The Kier molecular flexibility index (Phi) is 3.32. The minimum absolute atomic E-state index is 0.360. The van der Waals surface area contributed by atoms with Crippen molar-refractivity contribution >= 4 is 6.98 Å². The highest BCUT2D eigenvalue weighted by atomic mass is 19.4. The largest absolute Gasteiger partial charge is 0.506 e. The molecule has 0 aromatic carbocycles. The van der Waals surface area contributed by atoms with Crippen LogP contribution in [-0.4, -0.2) is 16.5 Å². The first-order valence-electron chi connectivity index (χ1n) is 5.84. The molecule has 0 fully saturated rings. The van der Waals surface area contributed by atoms with Crippen LogP contribution in [0.2, 0.25) is 0 Å². The van der Waals surface area contributed by atoms with Gasteiger partial charge in [0.15, 0.2) is 0 Å². The van der Waals surface area contributed by atoms with Crippen LogP contribution < -0.4 is 5.56 Å². The summed E-state index contributed by atoms with van der Waals surface area (Å²) in [5, 5.41) is 0. The fourth-order valence-electron chi connectivity index (χ4n) is 2.06. The average molecular weight is 257 g/mol. The average Bonchev–Trinajstić information content (AvgIpc) is 2.32. The monoisotopic (exact) mass is 257 g/mol. The second-order valence-corrected chi connectivity index (χ2v) is 4.54. The molecule has 0 radical (unpaired) electrons. The van der Waals surface area contributed by atoms with E-state index in [1.54, 1.807) is 0 Å². The highest BCUT2D eigenvalue weighted by Gasteiger charge is 2.27. The summed E-state index contributed by atoms with van der Waals surface area (Å²) < 4.78 is 38.3. The molecule has 18 heavy (non-hydrogen) atoms. The molecule has 0 saturated heterocycles. The van der Waals surface area contributed by atoms with Gasteiger partial charge in [-0.1, -0.05) is 0 Å². The third-order valence-electron chi connectivity index (χ3n) is 3.15. The van der Waals surface area contributed by atoms with Crippen LogP contribution in [0.3, 0.4) is 0 Å². The molecule has 1 heterocycles. The Labute approximate surface area is 102 Å². The van der Waals surface area contributed by atoms with Crippen LogP contribution in [0.15, 0.2) is 23.2 Å². The van der Waals surface area contributed by atoms with Crippen molar-refractivity contribution < 1.29 is 12.9 Å². The van der Waals surface area contributed by atoms with Crippen LogP contribution in [0.5, 0.6) is 0 Å².